The van der Waals surface area contributed by atoms with E-state index < -0.39 is 0 Å². The minimum atomic E-state index is -0.0209. The fourth-order valence-electron chi connectivity index (χ4n) is 2.89. The van der Waals surface area contributed by atoms with Crippen molar-refractivity contribution in [2.45, 2.75) is 6.92 Å². The Balaban J connectivity index is 2.07. The topological polar surface area (TPSA) is 47.8 Å². The van der Waals surface area contributed by atoms with E-state index in [0.717, 1.165) is 38.6 Å². The van der Waals surface area contributed by atoms with Gasteiger partial charge in [0.1, 0.15) is 0 Å². The van der Waals surface area contributed by atoms with Gasteiger partial charge in [0.2, 0.25) is 0 Å². The maximum atomic E-state index is 12.0. The minimum absolute atomic E-state index is 0.0209. The second-order valence-corrected chi connectivity index (χ2v) is 5.71. The summed E-state index contributed by atoms with van der Waals surface area (Å²) in [4.78, 5) is 20.9. The zero-order chi connectivity index (χ0) is 16.0. The van der Waals surface area contributed by atoms with Gasteiger partial charge < -0.3 is 4.57 Å². The van der Waals surface area contributed by atoms with Crippen LogP contribution in [0.15, 0.2) is 59.7 Å². The Morgan fingerprint density at radius 2 is 1.74 bits per heavy atom. The molecule has 1 aromatic carbocycles. The average Bonchev–Trinajstić information content (AvgIpc) is 2.58. The highest BCUT2D eigenvalue weighted by molar-refractivity contribution is 6.04. The molecule has 4 nitrogen and oxygen atoms in total. The number of aromatic nitrogens is 3. The van der Waals surface area contributed by atoms with E-state index in [1.54, 1.807) is 17.7 Å². The molecule has 0 bridgehead atoms. The van der Waals surface area contributed by atoms with Crippen LogP contribution in [0.1, 0.15) is 5.69 Å². The van der Waals surface area contributed by atoms with Gasteiger partial charge in [0.15, 0.2) is 0 Å². The fraction of sp³-hybridized carbons (Fsp3) is 0.105. The van der Waals surface area contributed by atoms with Gasteiger partial charge in [0, 0.05) is 47.5 Å². The maximum absolute atomic E-state index is 12.0. The van der Waals surface area contributed by atoms with Gasteiger partial charge in [0.05, 0.1) is 11.0 Å². The van der Waals surface area contributed by atoms with Crippen molar-refractivity contribution in [3.8, 4) is 11.1 Å². The number of aryl methyl sites for hydroxylation is 2. The molecule has 0 unspecified atom stereocenters. The van der Waals surface area contributed by atoms with E-state index in [1.807, 2.05) is 43.6 Å². The van der Waals surface area contributed by atoms with E-state index in [0.29, 0.717) is 0 Å². The summed E-state index contributed by atoms with van der Waals surface area (Å²) in [5, 5.41) is 1.93. The zero-order valence-electron chi connectivity index (χ0n) is 12.9. The Morgan fingerprint density at radius 3 is 2.52 bits per heavy atom. The molecule has 4 aromatic rings. The lowest BCUT2D eigenvalue weighted by Gasteiger charge is -2.09. The monoisotopic (exact) mass is 301 g/mol. The maximum Gasteiger partial charge on any atom is 0.250 e. The summed E-state index contributed by atoms with van der Waals surface area (Å²) in [6.07, 6.45) is 3.68. The molecule has 0 saturated heterocycles. The van der Waals surface area contributed by atoms with Gasteiger partial charge in [0.25, 0.3) is 5.56 Å². The molecular formula is C19H15N3O. The number of rotatable bonds is 1. The van der Waals surface area contributed by atoms with Crippen molar-refractivity contribution < 1.29 is 0 Å². The van der Waals surface area contributed by atoms with Crippen molar-refractivity contribution in [3.63, 3.8) is 0 Å². The molecule has 0 saturated carbocycles. The Labute approximate surface area is 133 Å². The third kappa shape index (κ3) is 2.19. The molecule has 0 amide bonds. The van der Waals surface area contributed by atoms with E-state index in [4.69, 9.17) is 0 Å². The second kappa shape index (κ2) is 5.02. The van der Waals surface area contributed by atoms with Gasteiger partial charge in [-0.15, -0.1) is 0 Å². The predicted octanol–water partition coefficient (Wildman–Crippen LogP) is 3.46. The van der Waals surface area contributed by atoms with Crippen LogP contribution in [0.3, 0.4) is 0 Å². The van der Waals surface area contributed by atoms with E-state index >= 15 is 0 Å². The number of fused-ring (bicyclic) bond motifs is 3. The van der Waals surface area contributed by atoms with Crippen LogP contribution in [0.5, 0.6) is 0 Å². The largest absolute Gasteiger partial charge is 0.311 e. The Kier molecular flexibility index (Phi) is 2.98. The molecule has 4 heteroatoms. The van der Waals surface area contributed by atoms with Crippen LogP contribution in [0.2, 0.25) is 0 Å². The molecule has 0 aliphatic carbocycles. The molecule has 3 aromatic heterocycles. The summed E-state index contributed by atoms with van der Waals surface area (Å²) in [5.74, 6) is 0. The van der Waals surface area contributed by atoms with Crippen LogP contribution in [-0.2, 0) is 7.05 Å². The highest BCUT2D eigenvalue weighted by Gasteiger charge is 2.08. The molecule has 0 atom stereocenters. The third-order valence-corrected chi connectivity index (χ3v) is 4.18. The number of hydrogen-bond donors (Lipinski definition) is 0. The highest BCUT2D eigenvalue weighted by atomic mass is 16.1. The number of pyridine rings is 3. The summed E-state index contributed by atoms with van der Waals surface area (Å²) < 4.78 is 1.68. The Hall–Kier alpha value is -3.01. The first kappa shape index (κ1) is 13.6. The van der Waals surface area contributed by atoms with Crippen molar-refractivity contribution in [2.24, 2.45) is 7.05 Å². The molecule has 0 spiro atoms. The minimum Gasteiger partial charge on any atom is -0.311 e. The smallest absolute Gasteiger partial charge is 0.250 e. The number of benzene rings is 1. The molecule has 3 heterocycles. The highest BCUT2D eigenvalue weighted by Crippen LogP contribution is 2.27. The molecular weight excluding hydrogens is 286 g/mol. The van der Waals surface area contributed by atoms with Gasteiger partial charge in [-0.2, -0.15) is 0 Å². The fourth-order valence-corrected chi connectivity index (χ4v) is 2.89. The summed E-state index contributed by atoms with van der Waals surface area (Å²) in [6.45, 7) is 1.97. The zero-order valence-corrected chi connectivity index (χ0v) is 12.9. The lowest BCUT2D eigenvalue weighted by Crippen LogP contribution is -2.15. The SMILES string of the molecule is Cc1ccc(-c2ccc3ncc4ccc(=O)n(C)c4c3c2)cn1. The van der Waals surface area contributed by atoms with E-state index in [2.05, 4.69) is 22.1 Å². The van der Waals surface area contributed by atoms with Crippen molar-refractivity contribution in [1.29, 1.82) is 0 Å². The van der Waals surface area contributed by atoms with E-state index in [-0.39, 0.29) is 5.56 Å². The van der Waals surface area contributed by atoms with Gasteiger partial charge in [-0.25, -0.2) is 0 Å². The first-order valence-corrected chi connectivity index (χ1v) is 7.45. The quantitative estimate of drug-likeness (QED) is 0.506. The molecule has 0 N–H and O–H groups in total. The summed E-state index contributed by atoms with van der Waals surface area (Å²) in [5.41, 5.74) is 4.87. The van der Waals surface area contributed by atoms with Crippen molar-refractivity contribution >= 4 is 21.8 Å². The normalized spacial score (nSPS) is 11.2. The van der Waals surface area contributed by atoms with Gasteiger partial charge in [-0.3, -0.25) is 14.8 Å². The predicted molar refractivity (Wildman–Crippen MR) is 92.5 cm³/mol. The lowest BCUT2D eigenvalue weighted by molar-refractivity contribution is 0.909. The molecule has 0 aliphatic heterocycles. The van der Waals surface area contributed by atoms with Crippen LogP contribution < -0.4 is 5.56 Å². The molecule has 4 rings (SSSR count). The van der Waals surface area contributed by atoms with E-state index in [9.17, 15) is 4.79 Å². The van der Waals surface area contributed by atoms with Crippen LogP contribution in [0.4, 0.5) is 0 Å². The Morgan fingerprint density at radius 1 is 0.913 bits per heavy atom. The number of nitrogens with zero attached hydrogens (tertiary/aromatic N) is 3. The third-order valence-electron chi connectivity index (χ3n) is 4.18. The summed E-state index contributed by atoms with van der Waals surface area (Å²) >= 11 is 0. The van der Waals surface area contributed by atoms with Crippen molar-refractivity contribution in [1.82, 2.24) is 14.5 Å². The van der Waals surface area contributed by atoms with Crippen LogP contribution in [-0.4, -0.2) is 14.5 Å². The first-order chi connectivity index (χ1) is 11.1. The van der Waals surface area contributed by atoms with Gasteiger partial charge >= 0.3 is 0 Å². The first-order valence-electron chi connectivity index (χ1n) is 7.45. The summed E-state index contributed by atoms with van der Waals surface area (Å²) in [6, 6.07) is 13.6. The molecule has 0 radical (unpaired) electrons. The second-order valence-electron chi connectivity index (χ2n) is 5.71. The van der Waals surface area contributed by atoms with E-state index in [1.165, 1.54) is 0 Å². The Bertz CT molecular complexity index is 1100. The van der Waals surface area contributed by atoms with Crippen LogP contribution >= 0.6 is 0 Å². The summed E-state index contributed by atoms with van der Waals surface area (Å²) in [7, 11) is 1.80. The average molecular weight is 301 g/mol. The standard InChI is InChI=1S/C19H15N3O/c1-12-3-4-14(10-20-12)13-5-7-17-16(9-13)19-15(11-21-17)6-8-18(23)22(19)2/h3-11H,1-2H3. The van der Waals surface area contributed by atoms with Crippen LogP contribution in [0, 0.1) is 6.92 Å². The molecule has 0 fully saturated rings. The lowest BCUT2D eigenvalue weighted by atomic mass is 10.0. The van der Waals surface area contributed by atoms with Crippen molar-refractivity contribution in [2.75, 3.05) is 0 Å². The molecule has 0 aliphatic rings. The molecule has 112 valence electrons. The van der Waals surface area contributed by atoms with Crippen LogP contribution in [0.25, 0.3) is 32.9 Å². The van der Waals surface area contributed by atoms with Crippen molar-refractivity contribution in [3.05, 3.63) is 70.9 Å². The van der Waals surface area contributed by atoms with Gasteiger partial charge in [-0.05, 0) is 36.8 Å². The number of hydrogen-bond acceptors (Lipinski definition) is 3. The molecule has 23 heavy (non-hydrogen) atoms. The van der Waals surface area contributed by atoms with Gasteiger partial charge in [-0.1, -0.05) is 12.1 Å².